The summed E-state index contributed by atoms with van der Waals surface area (Å²) in [5.74, 6) is 0.919. The molecule has 1 unspecified atom stereocenters. The first-order chi connectivity index (χ1) is 12.1. The maximum Gasteiger partial charge on any atom is 0.222 e. The van der Waals surface area contributed by atoms with E-state index in [1.165, 1.54) is 19.2 Å². The first-order valence-electron chi connectivity index (χ1n) is 9.06. The summed E-state index contributed by atoms with van der Waals surface area (Å²) in [7, 11) is 1.90. The number of hydrogen-bond acceptors (Lipinski definition) is 4. The minimum absolute atomic E-state index is 0.0605. The molecule has 6 nitrogen and oxygen atoms in total. The van der Waals surface area contributed by atoms with Crippen LogP contribution in [0.3, 0.4) is 0 Å². The topological polar surface area (TPSA) is 63.1 Å². The van der Waals surface area contributed by atoms with Crippen molar-refractivity contribution in [3.05, 3.63) is 42.5 Å². The first-order valence-corrected chi connectivity index (χ1v) is 9.06. The number of carbonyl (C=O) groups is 1. The number of aromatic nitrogens is 3. The number of carbonyl (C=O) groups excluding carboxylic acids is 1. The quantitative estimate of drug-likeness (QED) is 0.877. The van der Waals surface area contributed by atoms with Crippen molar-refractivity contribution in [3.63, 3.8) is 0 Å². The maximum atomic E-state index is 12.5. The van der Waals surface area contributed by atoms with Crippen LogP contribution in [0.15, 0.2) is 36.9 Å². The fraction of sp³-hybridized carbons (Fsp3) is 0.526. The smallest absolute Gasteiger partial charge is 0.222 e. The van der Waals surface area contributed by atoms with Gasteiger partial charge >= 0.3 is 0 Å². The summed E-state index contributed by atoms with van der Waals surface area (Å²) in [6.45, 7) is 4.25. The van der Waals surface area contributed by atoms with Crippen molar-refractivity contribution < 1.29 is 4.79 Å². The lowest BCUT2D eigenvalue weighted by atomic mass is 9.93. The highest BCUT2D eigenvalue weighted by Crippen LogP contribution is 2.23. The summed E-state index contributed by atoms with van der Waals surface area (Å²) >= 11 is 0. The molecule has 1 aliphatic heterocycles. The van der Waals surface area contributed by atoms with Gasteiger partial charge < -0.3 is 10.2 Å². The summed E-state index contributed by atoms with van der Waals surface area (Å²) in [6.07, 6.45) is 7.22. The van der Waals surface area contributed by atoms with Gasteiger partial charge in [0.15, 0.2) is 0 Å². The van der Waals surface area contributed by atoms with Crippen LogP contribution in [0.5, 0.6) is 0 Å². The monoisotopic (exact) mass is 341 g/mol. The lowest BCUT2D eigenvalue weighted by molar-refractivity contribution is -0.132. The van der Waals surface area contributed by atoms with Crippen LogP contribution in [0.2, 0.25) is 0 Å². The highest BCUT2D eigenvalue weighted by molar-refractivity contribution is 5.76. The summed E-state index contributed by atoms with van der Waals surface area (Å²) in [5, 5.41) is 7.50. The van der Waals surface area contributed by atoms with Gasteiger partial charge in [-0.2, -0.15) is 5.10 Å². The lowest BCUT2D eigenvalue weighted by Crippen LogP contribution is -2.31. The Labute approximate surface area is 149 Å². The second kappa shape index (κ2) is 8.25. The van der Waals surface area contributed by atoms with Gasteiger partial charge in [-0.3, -0.25) is 4.79 Å². The van der Waals surface area contributed by atoms with E-state index >= 15 is 0 Å². The average molecular weight is 341 g/mol. The highest BCUT2D eigenvalue weighted by Gasteiger charge is 2.20. The largest absolute Gasteiger partial charge is 0.339 e. The van der Waals surface area contributed by atoms with Gasteiger partial charge in [0.2, 0.25) is 5.91 Å². The number of amides is 1. The van der Waals surface area contributed by atoms with Crippen LogP contribution in [0, 0.1) is 5.92 Å². The van der Waals surface area contributed by atoms with Crippen LogP contribution in [0.4, 0.5) is 0 Å². The Balaban J connectivity index is 1.55. The lowest BCUT2D eigenvalue weighted by Gasteiger charge is -2.27. The van der Waals surface area contributed by atoms with Crippen molar-refractivity contribution in [1.29, 1.82) is 0 Å². The van der Waals surface area contributed by atoms with Gasteiger partial charge in [0, 0.05) is 13.5 Å². The normalized spacial score (nSPS) is 16.6. The summed E-state index contributed by atoms with van der Waals surface area (Å²) in [4.78, 5) is 18.4. The van der Waals surface area contributed by atoms with E-state index < -0.39 is 0 Å². The third kappa shape index (κ3) is 4.45. The molecule has 0 radical (unpaired) electrons. The van der Waals surface area contributed by atoms with Gasteiger partial charge in [-0.15, -0.1) is 0 Å². The molecular weight excluding hydrogens is 314 g/mol. The molecule has 3 rings (SSSR count). The van der Waals surface area contributed by atoms with E-state index in [1.54, 1.807) is 11.0 Å². The molecule has 1 saturated heterocycles. The van der Waals surface area contributed by atoms with Crippen molar-refractivity contribution in [3.8, 4) is 5.69 Å². The van der Waals surface area contributed by atoms with E-state index in [9.17, 15) is 4.79 Å². The van der Waals surface area contributed by atoms with E-state index in [4.69, 9.17) is 0 Å². The Morgan fingerprint density at radius 2 is 2.04 bits per heavy atom. The Hall–Kier alpha value is -2.21. The van der Waals surface area contributed by atoms with Gasteiger partial charge in [-0.05, 0) is 62.9 Å². The van der Waals surface area contributed by atoms with Crippen LogP contribution in [0.1, 0.15) is 44.2 Å². The van der Waals surface area contributed by atoms with Crippen LogP contribution < -0.4 is 5.32 Å². The van der Waals surface area contributed by atoms with E-state index in [0.717, 1.165) is 30.8 Å². The Kier molecular flexibility index (Phi) is 5.81. The molecule has 1 aromatic heterocycles. The van der Waals surface area contributed by atoms with Crippen molar-refractivity contribution in [2.75, 3.05) is 20.1 Å². The van der Waals surface area contributed by atoms with Crippen molar-refractivity contribution in [1.82, 2.24) is 25.0 Å². The summed E-state index contributed by atoms with van der Waals surface area (Å²) in [6, 6.07) is 8.18. The molecule has 134 valence electrons. The molecule has 1 fully saturated rings. The SMILES string of the molecule is CC(c1ccc(-n2cncn2)cc1)N(C)C(=O)CCC1CCNCC1. The third-order valence-corrected chi connectivity index (χ3v) is 5.26. The van der Waals surface area contributed by atoms with Crippen LogP contribution in [0.25, 0.3) is 5.69 Å². The second-order valence-corrected chi connectivity index (χ2v) is 6.84. The van der Waals surface area contributed by atoms with Gasteiger partial charge in [0.1, 0.15) is 12.7 Å². The minimum atomic E-state index is 0.0605. The first kappa shape index (κ1) is 17.6. The van der Waals surface area contributed by atoms with E-state index in [1.807, 2.05) is 24.1 Å². The minimum Gasteiger partial charge on any atom is -0.339 e. The Morgan fingerprint density at radius 3 is 2.68 bits per heavy atom. The maximum absolute atomic E-state index is 12.5. The Morgan fingerprint density at radius 1 is 1.32 bits per heavy atom. The number of piperidine rings is 1. The van der Waals surface area contributed by atoms with Gasteiger partial charge in [0.25, 0.3) is 0 Å². The molecule has 0 bridgehead atoms. The molecule has 0 aliphatic carbocycles. The number of hydrogen-bond donors (Lipinski definition) is 1. The molecule has 1 amide bonds. The van der Waals surface area contributed by atoms with Crippen LogP contribution >= 0.6 is 0 Å². The standard InChI is InChI=1S/C19H27N5O/c1-15(17-4-6-18(7-5-17)24-14-21-13-22-24)23(2)19(25)8-3-16-9-11-20-12-10-16/h4-7,13-16,20H,3,8-12H2,1-2H3. The summed E-state index contributed by atoms with van der Waals surface area (Å²) in [5.41, 5.74) is 2.09. The van der Waals surface area contributed by atoms with Crippen molar-refractivity contribution in [2.45, 2.75) is 38.6 Å². The average Bonchev–Trinajstić information content (AvgIpc) is 3.20. The van der Waals surface area contributed by atoms with Gasteiger partial charge in [-0.1, -0.05) is 12.1 Å². The second-order valence-electron chi connectivity index (χ2n) is 6.84. The van der Waals surface area contributed by atoms with E-state index in [-0.39, 0.29) is 11.9 Å². The molecule has 0 spiro atoms. The molecule has 6 heteroatoms. The number of nitrogens with zero attached hydrogens (tertiary/aromatic N) is 4. The fourth-order valence-electron chi connectivity index (χ4n) is 3.36. The molecular formula is C19H27N5O. The molecule has 2 aromatic rings. The Bertz CT molecular complexity index is 662. The molecule has 1 aliphatic rings. The van der Waals surface area contributed by atoms with E-state index in [0.29, 0.717) is 12.3 Å². The fourth-order valence-corrected chi connectivity index (χ4v) is 3.36. The van der Waals surface area contributed by atoms with Gasteiger partial charge in [-0.25, -0.2) is 9.67 Å². The van der Waals surface area contributed by atoms with Crippen LogP contribution in [-0.2, 0) is 4.79 Å². The predicted octanol–water partition coefficient (Wildman–Crippen LogP) is 2.57. The van der Waals surface area contributed by atoms with Crippen molar-refractivity contribution in [2.24, 2.45) is 5.92 Å². The van der Waals surface area contributed by atoms with Gasteiger partial charge in [0.05, 0.1) is 11.7 Å². The number of rotatable bonds is 6. The zero-order valence-electron chi connectivity index (χ0n) is 15.1. The molecule has 1 atom stereocenters. The van der Waals surface area contributed by atoms with E-state index in [2.05, 4.69) is 34.5 Å². The zero-order valence-corrected chi connectivity index (χ0v) is 15.1. The molecule has 0 saturated carbocycles. The summed E-state index contributed by atoms with van der Waals surface area (Å²) < 4.78 is 1.72. The molecule has 2 heterocycles. The number of benzene rings is 1. The molecule has 1 N–H and O–H groups in total. The predicted molar refractivity (Wildman–Crippen MR) is 97.4 cm³/mol. The third-order valence-electron chi connectivity index (χ3n) is 5.26. The van der Waals surface area contributed by atoms with Crippen LogP contribution in [-0.4, -0.2) is 45.7 Å². The highest BCUT2D eigenvalue weighted by atomic mass is 16.2. The molecule has 25 heavy (non-hydrogen) atoms. The van der Waals surface area contributed by atoms with Crippen molar-refractivity contribution >= 4 is 5.91 Å². The zero-order chi connectivity index (χ0) is 17.6. The number of nitrogens with one attached hydrogen (secondary N) is 1. The molecule has 1 aromatic carbocycles.